The Labute approximate surface area is 218 Å². The van der Waals surface area contributed by atoms with Crippen LogP contribution in [-0.2, 0) is 6.42 Å². The van der Waals surface area contributed by atoms with Gasteiger partial charge in [-0.2, -0.15) is 0 Å². The fourth-order valence-electron chi connectivity index (χ4n) is 4.20. The second kappa shape index (κ2) is 13.3. The number of phenols is 1. The van der Waals surface area contributed by atoms with Crippen LogP contribution in [0.4, 0.5) is 16.6 Å². The van der Waals surface area contributed by atoms with Crippen LogP contribution >= 0.6 is 11.3 Å². The van der Waals surface area contributed by atoms with E-state index < -0.39 is 0 Å². The Hall–Kier alpha value is -3.10. The van der Waals surface area contributed by atoms with Crippen LogP contribution in [0.25, 0.3) is 0 Å². The Kier molecular flexibility index (Phi) is 10.1. The van der Waals surface area contributed by atoms with E-state index in [9.17, 15) is 9.90 Å². The summed E-state index contributed by atoms with van der Waals surface area (Å²) in [5.41, 5.74) is 8.17. The molecule has 1 aliphatic rings. The highest BCUT2D eigenvalue weighted by Crippen LogP contribution is 2.31. The summed E-state index contributed by atoms with van der Waals surface area (Å²) < 4.78 is 6.17. The Morgan fingerprint density at radius 1 is 1.22 bits per heavy atom. The van der Waals surface area contributed by atoms with Gasteiger partial charge in [0.2, 0.25) is 5.78 Å². The van der Waals surface area contributed by atoms with E-state index in [4.69, 9.17) is 10.5 Å². The summed E-state index contributed by atoms with van der Waals surface area (Å²) in [6, 6.07) is 12.7. The van der Waals surface area contributed by atoms with E-state index in [1.54, 1.807) is 18.2 Å². The number of nitrogens with one attached hydrogen (secondary N) is 1. The largest absolute Gasteiger partial charge is 0.508 e. The minimum Gasteiger partial charge on any atom is -0.508 e. The van der Waals surface area contributed by atoms with E-state index in [-0.39, 0.29) is 23.5 Å². The Morgan fingerprint density at radius 2 is 1.97 bits per heavy atom. The number of nitrogens with two attached hydrogens (primary N) is 1. The maximum Gasteiger partial charge on any atom is 0.206 e. The second-order valence-corrected chi connectivity index (χ2v) is 9.58. The number of benzene rings is 2. The second-order valence-electron chi connectivity index (χ2n) is 8.58. The highest BCUT2D eigenvalue weighted by molar-refractivity contribution is 7.18. The number of nitrogens with zero attached hydrogens (tertiary/aromatic N) is 2. The van der Waals surface area contributed by atoms with E-state index in [0.717, 1.165) is 55.9 Å². The molecule has 2 aromatic carbocycles. The number of piperidine rings is 1. The highest BCUT2D eigenvalue weighted by Gasteiger charge is 2.21. The van der Waals surface area contributed by atoms with Crippen LogP contribution in [0.1, 0.15) is 67.8 Å². The molecule has 8 heteroatoms. The average Bonchev–Trinajstić information content (AvgIpc) is 3.27. The monoisotopic (exact) mass is 510 g/mol. The molecule has 0 bridgehead atoms. The normalized spacial score (nSPS) is 15.6. The van der Waals surface area contributed by atoms with Crippen molar-refractivity contribution in [2.24, 2.45) is 0 Å². The molecular weight excluding hydrogens is 472 g/mol. The third-order valence-corrected chi connectivity index (χ3v) is 7.02. The van der Waals surface area contributed by atoms with E-state index in [1.165, 1.54) is 11.3 Å². The van der Waals surface area contributed by atoms with Crippen molar-refractivity contribution in [2.75, 3.05) is 30.7 Å². The number of carbonyl (C=O) groups excluding carboxylic acids is 1. The minimum absolute atomic E-state index is 0.195. The molecule has 194 valence electrons. The van der Waals surface area contributed by atoms with Gasteiger partial charge in [0.05, 0.1) is 0 Å². The lowest BCUT2D eigenvalue weighted by molar-refractivity contribution is 0.0920. The summed E-state index contributed by atoms with van der Waals surface area (Å²) >= 11 is 1.22. The van der Waals surface area contributed by atoms with Gasteiger partial charge in [0.1, 0.15) is 28.3 Å². The van der Waals surface area contributed by atoms with E-state index >= 15 is 0 Å². The third kappa shape index (κ3) is 6.98. The molecule has 36 heavy (non-hydrogen) atoms. The molecule has 0 saturated carbocycles. The van der Waals surface area contributed by atoms with Crippen LogP contribution in [0.5, 0.6) is 11.5 Å². The number of nitrogen functional groups attached to an aromatic ring is 1. The highest BCUT2D eigenvalue weighted by atomic mass is 32.1. The SMILES string of the molecule is CC.CCCc1cc(C(=O)c2sc(Nc3ccc(OC4CCCN(CC)C4)cc3)nc2N)ccc1O. The fraction of sp³-hybridized carbons (Fsp3) is 0.429. The zero-order chi connectivity index (χ0) is 26.1. The number of hydrogen-bond donors (Lipinski definition) is 3. The van der Waals surface area contributed by atoms with Gasteiger partial charge in [-0.05, 0) is 80.4 Å². The smallest absolute Gasteiger partial charge is 0.206 e. The van der Waals surface area contributed by atoms with Gasteiger partial charge < -0.3 is 20.9 Å². The van der Waals surface area contributed by atoms with E-state index in [1.807, 2.05) is 45.0 Å². The number of ether oxygens (including phenoxy) is 1. The minimum atomic E-state index is -0.197. The number of aromatic nitrogens is 1. The first-order valence-corrected chi connectivity index (χ1v) is 13.7. The number of rotatable bonds is 9. The van der Waals surface area contributed by atoms with Gasteiger partial charge in [-0.3, -0.25) is 9.69 Å². The fourth-order valence-corrected chi connectivity index (χ4v) is 5.07. The van der Waals surface area contributed by atoms with E-state index in [0.29, 0.717) is 22.0 Å². The predicted octanol–water partition coefficient (Wildman–Crippen LogP) is 6.25. The number of carbonyl (C=O) groups is 1. The van der Waals surface area contributed by atoms with Gasteiger partial charge in [-0.25, -0.2) is 4.98 Å². The number of phenolic OH excluding ortho intramolecular Hbond substituents is 1. The summed E-state index contributed by atoms with van der Waals surface area (Å²) in [5, 5.41) is 13.8. The molecular formula is C28H38N4O3S. The van der Waals surface area contributed by atoms with E-state index in [2.05, 4.69) is 22.1 Å². The van der Waals surface area contributed by atoms with Crippen molar-refractivity contribution in [1.29, 1.82) is 0 Å². The molecule has 0 radical (unpaired) electrons. The molecule has 0 spiro atoms. The van der Waals surface area contributed by atoms with Crippen molar-refractivity contribution in [3.63, 3.8) is 0 Å². The molecule has 0 amide bonds. The first-order chi connectivity index (χ1) is 17.5. The maximum absolute atomic E-state index is 13.0. The number of thiazole rings is 1. The average molecular weight is 511 g/mol. The van der Waals surface area contributed by atoms with Gasteiger partial charge in [0, 0.05) is 17.8 Å². The van der Waals surface area contributed by atoms with Gasteiger partial charge in [0.25, 0.3) is 0 Å². The molecule has 2 heterocycles. The molecule has 1 fully saturated rings. The zero-order valence-corrected chi connectivity index (χ0v) is 22.5. The number of ketones is 1. The standard InChI is InChI=1S/C26H32N4O3S.C2H6/c1-3-6-17-15-18(8-13-22(17)31)23(32)24-25(27)29-26(34-24)28-19-9-11-20(12-10-19)33-21-7-5-14-30(4-2)16-21;1-2/h8-13,15,21,31H,3-7,14,16,27H2,1-2H3,(H,28,29);1-2H3. The van der Waals surface area contributed by atoms with Crippen molar-refractivity contribution in [3.8, 4) is 11.5 Å². The van der Waals surface area contributed by atoms with Gasteiger partial charge in [0.15, 0.2) is 5.13 Å². The Balaban J connectivity index is 0.00000176. The van der Waals surface area contributed by atoms with Crippen molar-refractivity contribution in [2.45, 2.75) is 59.5 Å². The summed E-state index contributed by atoms with van der Waals surface area (Å²) in [5.74, 6) is 1.05. The van der Waals surface area contributed by atoms with Crippen LogP contribution in [0.3, 0.4) is 0 Å². The number of aryl methyl sites for hydroxylation is 1. The summed E-state index contributed by atoms with van der Waals surface area (Å²) in [4.78, 5) is 20.2. The van der Waals surface area contributed by atoms with Gasteiger partial charge >= 0.3 is 0 Å². The van der Waals surface area contributed by atoms with Crippen molar-refractivity contribution >= 4 is 33.8 Å². The molecule has 1 aromatic heterocycles. The number of anilines is 3. The molecule has 4 rings (SSSR count). The third-order valence-electron chi connectivity index (χ3n) is 6.04. The maximum atomic E-state index is 13.0. The first kappa shape index (κ1) is 27.5. The van der Waals surface area contributed by atoms with Crippen molar-refractivity contribution < 1.29 is 14.6 Å². The van der Waals surface area contributed by atoms with Crippen molar-refractivity contribution in [1.82, 2.24) is 9.88 Å². The molecule has 1 unspecified atom stereocenters. The predicted molar refractivity (Wildman–Crippen MR) is 149 cm³/mol. The van der Waals surface area contributed by atoms with Crippen LogP contribution in [0.15, 0.2) is 42.5 Å². The van der Waals surface area contributed by atoms with Crippen LogP contribution in [0, 0.1) is 0 Å². The molecule has 1 atom stereocenters. The molecule has 1 saturated heterocycles. The molecule has 0 aliphatic carbocycles. The molecule has 1 aliphatic heterocycles. The number of hydrogen-bond acceptors (Lipinski definition) is 8. The number of aromatic hydroxyl groups is 1. The zero-order valence-electron chi connectivity index (χ0n) is 21.7. The number of likely N-dealkylation sites (N-methyl/N-ethyl adjacent to an activating group) is 1. The van der Waals surface area contributed by atoms with Crippen LogP contribution < -0.4 is 15.8 Å². The summed E-state index contributed by atoms with van der Waals surface area (Å²) in [6.45, 7) is 11.4. The first-order valence-electron chi connectivity index (χ1n) is 12.9. The summed E-state index contributed by atoms with van der Waals surface area (Å²) in [7, 11) is 0. The quantitative estimate of drug-likeness (QED) is 0.293. The lowest BCUT2D eigenvalue weighted by Crippen LogP contribution is -2.40. The number of likely N-dealkylation sites (tertiary alicyclic amines) is 1. The Bertz CT molecular complexity index is 1130. The van der Waals surface area contributed by atoms with Gasteiger partial charge in [-0.15, -0.1) is 0 Å². The molecule has 7 nitrogen and oxygen atoms in total. The summed E-state index contributed by atoms with van der Waals surface area (Å²) in [6.07, 6.45) is 4.04. The topological polar surface area (TPSA) is 101 Å². The van der Waals surface area contributed by atoms with Gasteiger partial charge in [-0.1, -0.05) is 45.5 Å². The van der Waals surface area contributed by atoms with Crippen molar-refractivity contribution in [3.05, 3.63) is 58.5 Å². The van der Waals surface area contributed by atoms with Crippen LogP contribution in [0.2, 0.25) is 0 Å². The van der Waals surface area contributed by atoms with Crippen LogP contribution in [-0.4, -0.2) is 46.5 Å². The lowest BCUT2D eigenvalue weighted by atomic mass is 10.0. The molecule has 4 N–H and O–H groups in total. The Morgan fingerprint density at radius 3 is 2.67 bits per heavy atom. The lowest BCUT2D eigenvalue weighted by Gasteiger charge is -2.32. The molecule has 3 aromatic rings.